The van der Waals surface area contributed by atoms with Crippen LogP contribution >= 0.6 is 0 Å². The van der Waals surface area contributed by atoms with Gasteiger partial charge in [-0.3, -0.25) is 0 Å². The van der Waals surface area contributed by atoms with Crippen LogP contribution in [-0.4, -0.2) is 24.5 Å². The highest BCUT2D eigenvalue weighted by atomic mass is 15.1. The maximum absolute atomic E-state index is 6.08. The van der Waals surface area contributed by atoms with Gasteiger partial charge in [0.2, 0.25) is 0 Å². The number of nitrogens with two attached hydrogens (primary N) is 1. The van der Waals surface area contributed by atoms with Crippen LogP contribution in [0.25, 0.3) is 0 Å². The Morgan fingerprint density at radius 1 is 1.00 bits per heavy atom. The molecule has 2 aliphatic rings. The molecule has 0 radical (unpaired) electrons. The summed E-state index contributed by atoms with van der Waals surface area (Å²) in [6, 6.07) is 16.1. The van der Waals surface area contributed by atoms with Crippen LogP contribution in [0.5, 0.6) is 0 Å². The molecule has 0 saturated heterocycles. The van der Waals surface area contributed by atoms with Crippen LogP contribution in [0.1, 0.15) is 34.6 Å². The topological polar surface area (TPSA) is 29.3 Å². The second-order valence-electron chi connectivity index (χ2n) is 6.47. The molecule has 108 valence electrons. The predicted molar refractivity (Wildman–Crippen MR) is 87.6 cm³/mol. The van der Waals surface area contributed by atoms with Gasteiger partial charge in [0.25, 0.3) is 0 Å². The summed E-state index contributed by atoms with van der Waals surface area (Å²) in [5.74, 6) is 0.473. The smallest absolute Gasteiger partial charge is 0.0317 e. The Labute approximate surface area is 126 Å². The second-order valence-corrected chi connectivity index (χ2v) is 6.47. The zero-order valence-electron chi connectivity index (χ0n) is 12.5. The van der Waals surface area contributed by atoms with Gasteiger partial charge in [0.1, 0.15) is 0 Å². The van der Waals surface area contributed by atoms with E-state index >= 15 is 0 Å². The molecule has 0 spiro atoms. The first-order chi connectivity index (χ1) is 10.2. The SMILES string of the molecule is CN1CCc2ccccc2C2c3cc(N)ccc3CCC21. The van der Waals surface area contributed by atoms with Crippen LogP contribution in [0.2, 0.25) is 0 Å². The molecule has 0 bridgehead atoms. The van der Waals surface area contributed by atoms with Crippen molar-refractivity contribution in [3.63, 3.8) is 0 Å². The number of hydrogen-bond acceptors (Lipinski definition) is 2. The third kappa shape index (κ3) is 2.06. The number of anilines is 1. The fourth-order valence-corrected chi connectivity index (χ4v) is 4.19. The minimum atomic E-state index is 0.473. The fourth-order valence-electron chi connectivity index (χ4n) is 4.19. The number of likely N-dealkylation sites (N-methyl/N-ethyl adjacent to an activating group) is 1. The molecule has 2 heteroatoms. The Morgan fingerprint density at radius 2 is 1.81 bits per heavy atom. The van der Waals surface area contributed by atoms with Crippen molar-refractivity contribution in [3.8, 4) is 0 Å². The average molecular weight is 278 g/mol. The van der Waals surface area contributed by atoms with Crippen LogP contribution in [0.3, 0.4) is 0 Å². The van der Waals surface area contributed by atoms with Crippen molar-refractivity contribution < 1.29 is 0 Å². The quantitative estimate of drug-likeness (QED) is 0.750. The molecule has 2 aromatic rings. The predicted octanol–water partition coefficient (Wildman–Crippen LogP) is 3.20. The van der Waals surface area contributed by atoms with E-state index in [-0.39, 0.29) is 0 Å². The zero-order chi connectivity index (χ0) is 14.4. The summed E-state index contributed by atoms with van der Waals surface area (Å²) in [5, 5.41) is 0. The van der Waals surface area contributed by atoms with E-state index in [1.165, 1.54) is 35.1 Å². The van der Waals surface area contributed by atoms with E-state index in [4.69, 9.17) is 5.73 Å². The van der Waals surface area contributed by atoms with Crippen LogP contribution in [0.15, 0.2) is 42.5 Å². The molecule has 2 aromatic carbocycles. The monoisotopic (exact) mass is 278 g/mol. The summed E-state index contributed by atoms with van der Waals surface area (Å²) in [6.07, 6.45) is 3.56. The van der Waals surface area contributed by atoms with E-state index < -0.39 is 0 Å². The molecule has 2 unspecified atom stereocenters. The molecule has 1 aliphatic carbocycles. The Balaban J connectivity index is 1.93. The highest BCUT2D eigenvalue weighted by Gasteiger charge is 2.36. The molecule has 0 fully saturated rings. The second kappa shape index (κ2) is 4.88. The molecule has 1 aliphatic heterocycles. The lowest BCUT2D eigenvalue weighted by molar-refractivity contribution is 0.214. The van der Waals surface area contributed by atoms with Crippen molar-refractivity contribution in [2.24, 2.45) is 0 Å². The molecule has 2 nitrogen and oxygen atoms in total. The molecule has 21 heavy (non-hydrogen) atoms. The summed E-state index contributed by atoms with van der Waals surface area (Å²) in [5.41, 5.74) is 12.9. The van der Waals surface area contributed by atoms with Crippen LogP contribution in [-0.2, 0) is 12.8 Å². The normalized spacial score (nSPS) is 24.6. The van der Waals surface area contributed by atoms with Gasteiger partial charge in [-0.1, -0.05) is 30.3 Å². The number of benzene rings is 2. The van der Waals surface area contributed by atoms with Gasteiger partial charge in [-0.05, 0) is 60.7 Å². The lowest BCUT2D eigenvalue weighted by Crippen LogP contribution is -2.39. The fraction of sp³-hybridized carbons (Fsp3) is 0.368. The molecule has 1 heterocycles. The highest BCUT2D eigenvalue weighted by molar-refractivity contribution is 5.52. The van der Waals surface area contributed by atoms with Gasteiger partial charge in [0.15, 0.2) is 0 Å². The first kappa shape index (κ1) is 12.9. The molecule has 0 aromatic heterocycles. The Bertz CT molecular complexity index is 677. The largest absolute Gasteiger partial charge is 0.399 e. The standard InChI is InChI=1S/C19H22N2/c1-21-11-10-13-4-2-3-5-16(13)19-17-12-15(20)8-6-14(17)7-9-18(19)21/h2-6,8,12,18-19H,7,9-11,20H2,1H3. The zero-order valence-corrected chi connectivity index (χ0v) is 12.5. The number of hydrogen-bond donors (Lipinski definition) is 1. The molecule has 2 atom stereocenters. The van der Waals surface area contributed by atoms with Crippen LogP contribution in [0, 0.1) is 0 Å². The lowest BCUT2D eigenvalue weighted by Gasteiger charge is -2.38. The number of fused-ring (bicyclic) bond motifs is 5. The Kier molecular flexibility index (Phi) is 3.00. The van der Waals surface area contributed by atoms with Gasteiger partial charge in [-0.25, -0.2) is 0 Å². The maximum Gasteiger partial charge on any atom is 0.0317 e. The average Bonchev–Trinajstić information content (AvgIpc) is 2.65. The van der Waals surface area contributed by atoms with Gasteiger partial charge in [-0.15, -0.1) is 0 Å². The van der Waals surface area contributed by atoms with Crippen molar-refractivity contribution in [1.29, 1.82) is 0 Å². The van der Waals surface area contributed by atoms with Gasteiger partial charge in [0.05, 0.1) is 0 Å². The number of aryl methyl sites for hydroxylation is 1. The third-order valence-electron chi connectivity index (χ3n) is 5.29. The highest BCUT2D eigenvalue weighted by Crippen LogP contribution is 2.42. The first-order valence-electron chi connectivity index (χ1n) is 7.90. The van der Waals surface area contributed by atoms with Crippen molar-refractivity contribution in [1.82, 2.24) is 4.90 Å². The number of rotatable bonds is 0. The van der Waals surface area contributed by atoms with Crippen molar-refractivity contribution in [2.75, 3.05) is 19.3 Å². The summed E-state index contributed by atoms with van der Waals surface area (Å²) in [6.45, 7) is 1.15. The summed E-state index contributed by atoms with van der Waals surface area (Å²) < 4.78 is 0. The molecule has 2 N–H and O–H groups in total. The molecular weight excluding hydrogens is 256 g/mol. The van der Waals surface area contributed by atoms with Gasteiger partial charge in [-0.2, -0.15) is 0 Å². The molecule has 0 amide bonds. The van der Waals surface area contributed by atoms with Gasteiger partial charge < -0.3 is 10.6 Å². The first-order valence-corrected chi connectivity index (χ1v) is 7.90. The Hall–Kier alpha value is -1.80. The van der Waals surface area contributed by atoms with Crippen LogP contribution in [0.4, 0.5) is 5.69 Å². The number of nitrogens with zero attached hydrogens (tertiary/aromatic N) is 1. The van der Waals surface area contributed by atoms with Gasteiger partial charge in [0, 0.05) is 24.2 Å². The summed E-state index contributed by atoms with van der Waals surface area (Å²) >= 11 is 0. The lowest BCUT2D eigenvalue weighted by atomic mass is 9.74. The Morgan fingerprint density at radius 3 is 2.71 bits per heavy atom. The molecular formula is C19H22N2. The minimum Gasteiger partial charge on any atom is -0.399 e. The summed E-state index contributed by atoms with van der Waals surface area (Å²) in [7, 11) is 2.28. The van der Waals surface area contributed by atoms with E-state index in [9.17, 15) is 0 Å². The third-order valence-corrected chi connectivity index (χ3v) is 5.29. The van der Waals surface area contributed by atoms with E-state index in [2.05, 4.69) is 48.3 Å². The van der Waals surface area contributed by atoms with Crippen molar-refractivity contribution in [2.45, 2.75) is 31.2 Å². The molecule has 0 saturated carbocycles. The summed E-state index contributed by atoms with van der Waals surface area (Å²) in [4.78, 5) is 2.55. The molecule has 4 rings (SSSR count). The minimum absolute atomic E-state index is 0.473. The number of nitrogen functional groups attached to an aromatic ring is 1. The van der Waals surface area contributed by atoms with E-state index in [1.807, 2.05) is 6.07 Å². The van der Waals surface area contributed by atoms with E-state index in [1.54, 1.807) is 0 Å². The maximum atomic E-state index is 6.08. The van der Waals surface area contributed by atoms with Crippen LogP contribution < -0.4 is 5.73 Å². The van der Waals surface area contributed by atoms with Crippen molar-refractivity contribution >= 4 is 5.69 Å². The van der Waals surface area contributed by atoms with Crippen molar-refractivity contribution in [3.05, 3.63) is 64.7 Å². The van der Waals surface area contributed by atoms with E-state index in [0.717, 1.165) is 18.7 Å². The van der Waals surface area contributed by atoms with E-state index in [0.29, 0.717) is 12.0 Å². The van der Waals surface area contributed by atoms with Gasteiger partial charge >= 0.3 is 0 Å².